The number of hydrogen-bond donors (Lipinski definition) is 1. The zero-order valence-electron chi connectivity index (χ0n) is 13.4. The van der Waals surface area contributed by atoms with Crippen LogP contribution >= 0.6 is 11.3 Å². The molecular formula is C17H15N3O4S. The first-order valence-electron chi connectivity index (χ1n) is 7.73. The van der Waals surface area contributed by atoms with Crippen molar-refractivity contribution in [2.45, 2.75) is 6.54 Å². The smallest absolute Gasteiger partial charge is 0.268 e. The third-order valence-corrected chi connectivity index (χ3v) is 4.79. The maximum atomic E-state index is 12.6. The number of carbonyl (C=O) groups excluding carboxylic acids is 1. The molecule has 8 heteroatoms. The van der Waals surface area contributed by atoms with Crippen molar-refractivity contribution in [1.82, 2.24) is 14.9 Å². The number of rotatable bonds is 3. The van der Waals surface area contributed by atoms with Gasteiger partial charge < -0.3 is 19.4 Å². The van der Waals surface area contributed by atoms with E-state index in [2.05, 4.69) is 9.97 Å². The summed E-state index contributed by atoms with van der Waals surface area (Å²) in [5.41, 5.74) is 0.949. The summed E-state index contributed by atoms with van der Waals surface area (Å²) in [5, 5.41) is 1.82. The molecule has 1 aliphatic heterocycles. The number of benzene rings is 1. The summed E-state index contributed by atoms with van der Waals surface area (Å²) >= 11 is 1.35. The number of aromatic nitrogens is 2. The number of nitrogens with zero attached hydrogens (tertiary/aromatic N) is 2. The fraction of sp³-hybridized carbons (Fsp3) is 0.235. The van der Waals surface area contributed by atoms with Gasteiger partial charge in [-0.15, -0.1) is 11.3 Å². The number of nitrogens with one attached hydrogen (secondary N) is 1. The zero-order chi connectivity index (χ0) is 17.4. The topological polar surface area (TPSA) is 84.5 Å². The first kappa shape index (κ1) is 15.6. The van der Waals surface area contributed by atoms with Gasteiger partial charge in [-0.05, 0) is 29.6 Å². The molecule has 1 amide bonds. The Morgan fingerprint density at radius 2 is 2.08 bits per heavy atom. The summed E-state index contributed by atoms with van der Waals surface area (Å²) in [7, 11) is 1.66. The molecule has 7 nitrogen and oxygen atoms in total. The van der Waals surface area contributed by atoms with E-state index in [1.54, 1.807) is 31.3 Å². The fourth-order valence-electron chi connectivity index (χ4n) is 2.69. The highest BCUT2D eigenvalue weighted by molar-refractivity contribution is 7.17. The van der Waals surface area contributed by atoms with Gasteiger partial charge in [-0.1, -0.05) is 0 Å². The summed E-state index contributed by atoms with van der Waals surface area (Å²) in [4.78, 5) is 33.3. The Hall–Kier alpha value is -2.87. The van der Waals surface area contributed by atoms with E-state index in [-0.39, 0.29) is 18.0 Å². The second kappa shape index (κ2) is 6.21. The average Bonchev–Trinajstić information content (AvgIpc) is 3.09. The Kier molecular flexibility index (Phi) is 3.89. The van der Waals surface area contributed by atoms with Crippen LogP contribution in [0.1, 0.15) is 16.2 Å². The van der Waals surface area contributed by atoms with Gasteiger partial charge >= 0.3 is 0 Å². The van der Waals surface area contributed by atoms with E-state index in [9.17, 15) is 9.59 Å². The van der Waals surface area contributed by atoms with Crippen LogP contribution < -0.4 is 15.0 Å². The van der Waals surface area contributed by atoms with E-state index >= 15 is 0 Å². The molecule has 0 fully saturated rings. The van der Waals surface area contributed by atoms with E-state index in [4.69, 9.17) is 9.47 Å². The third kappa shape index (κ3) is 2.96. The number of carbonyl (C=O) groups is 1. The lowest BCUT2D eigenvalue weighted by molar-refractivity contribution is 0.0780. The van der Waals surface area contributed by atoms with Gasteiger partial charge in [0.15, 0.2) is 11.5 Å². The van der Waals surface area contributed by atoms with E-state index in [1.165, 1.54) is 16.2 Å². The minimum atomic E-state index is -0.190. The van der Waals surface area contributed by atoms with Crippen molar-refractivity contribution in [2.24, 2.45) is 0 Å². The lowest BCUT2D eigenvalue weighted by atomic mass is 10.1. The molecule has 0 unspecified atom stereocenters. The maximum Gasteiger partial charge on any atom is 0.268 e. The number of amides is 1. The van der Waals surface area contributed by atoms with Gasteiger partial charge in [-0.3, -0.25) is 9.59 Å². The van der Waals surface area contributed by atoms with Crippen LogP contribution in [0, 0.1) is 0 Å². The standard InChI is InChI=1S/C17H15N3O4S/c1-20(9-14-18-11-4-7-25-15(11)16(21)19-14)17(22)10-2-3-12-13(8-10)24-6-5-23-12/h2-4,7-8H,5-6,9H2,1H3,(H,18,19,21). The van der Waals surface area contributed by atoms with Crippen LogP contribution in [0.4, 0.5) is 0 Å². The van der Waals surface area contributed by atoms with Crippen molar-refractivity contribution >= 4 is 27.5 Å². The molecule has 0 radical (unpaired) electrons. The van der Waals surface area contributed by atoms with E-state index < -0.39 is 0 Å². The molecule has 0 saturated carbocycles. The van der Waals surface area contributed by atoms with Crippen LogP contribution in [0.5, 0.6) is 11.5 Å². The molecular weight excluding hydrogens is 342 g/mol. The van der Waals surface area contributed by atoms with Crippen molar-refractivity contribution in [3.05, 3.63) is 51.4 Å². The normalized spacial score (nSPS) is 13.0. The third-order valence-electron chi connectivity index (χ3n) is 3.89. The lowest BCUT2D eigenvalue weighted by Crippen LogP contribution is -2.28. The van der Waals surface area contributed by atoms with Crippen LogP contribution in [-0.2, 0) is 6.54 Å². The number of H-pyrrole nitrogens is 1. The first-order chi connectivity index (χ1) is 12.1. The number of thiophene rings is 1. The fourth-order valence-corrected chi connectivity index (χ4v) is 3.42. The van der Waals surface area contributed by atoms with Gasteiger partial charge in [0.25, 0.3) is 11.5 Å². The van der Waals surface area contributed by atoms with Crippen LogP contribution in [0.15, 0.2) is 34.4 Å². The van der Waals surface area contributed by atoms with Crippen molar-refractivity contribution in [1.29, 1.82) is 0 Å². The largest absolute Gasteiger partial charge is 0.486 e. The van der Waals surface area contributed by atoms with E-state index in [0.717, 1.165) is 0 Å². The van der Waals surface area contributed by atoms with Crippen molar-refractivity contribution in [3.8, 4) is 11.5 Å². The molecule has 128 valence electrons. The molecule has 0 saturated heterocycles. The molecule has 0 aliphatic carbocycles. The van der Waals surface area contributed by atoms with E-state index in [0.29, 0.717) is 46.3 Å². The monoisotopic (exact) mass is 357 g/mol. The van der Waals surface area contributed by atoms with Gasteiger partial charge in [0, 0.05) is 12.6 Å². The Morgan fingerprint density at radius 3 is 2.92 bits per heavy atom. The number of fused-ring (bicyclic) bond motifs is 2. The molecule has 3 aromatic rings. The van der Waals surface area contributed by atoms with Gasteiger partial charge in [-0.25, -0.2) is 4.98 Å². The van der Waals surface area contributed by atoms with Crippen molar-refractivity contribution in [3.63, 3.8) is 0 Å². The summed E-state index contributed by atoms with van der Waals surface area (Å²) < 4.78 is 11.6. The van der Waals surface area contributed by atoms with Gasteiger partial charge in [0.1, 0.15) is 23.7 Å². The van der Waals surface area contributed by atoms with Gasteiger partial charge in [-0.2, -0.15) is 0 Å². The number of ether oxygens (including phenoxy) is 2. The molecule has 0 atom stereocenters. The average molecular weight is 357 g/mol. The van der Waals surface area contributed by atoms with Crippen LogP contribution in [0.3, 0.4) is 0 Å². The van der Waals surface area contributed by atoms with Crippen LogP contribution in [-0.4, -0.2) is 41.0 Å². The predicted octanol–water partition coefficient (Wildman–Crippen LogP) is 2.03. The highest BCUT2D eigenvalue weighted by Crippen LogP contribution is 2.31. The number of aromatic amines is 1. The Morgan fingerprint density at radius 1 is 1.28 bits per heavy atom. The zero-order valence-corrected chi connectivity index (χ0v) is 14.3. The van der Waals surface area contributed by atoms with Crippen molar-refractivity contribution in [2.75, 3.05) is 20.3 Å². The van der Waals surface area contributed by atoms with Gasteiger partial charge in [0.2, 0.25) is 0 Å². The molecule has 25 heavy (non-hydrogen) atoms. The van der Waals surface area contributed by atoms with Gasteiger partial charge in [0.05, 0.1) is 12.1 Å². The Balaban J connectivity index is 1.56. The highest BCUT2D eigenvalue weighted by atomic mass is 32.1. The maximum absolute atomic E-state index is 12.6. The minimum Gasteiger partial charge on any atom is -0.486 e. The summed E-state index contributed by atoms with van der Waals surface area (Å²) in [6.07, 6.45) is 0. The molecule has 2 aromatic heterocycles. The highest BCUT2D eigenvalue weighted by Gasteiger charge is 2.18. The summed E-state index contributed by atoms with van der Waals surface area (Å²) in [5.74, 6) is 1.46. The summed E-state index contributed by atoms with van der Waals surface area (Å²) in [6.45, 7) is 1.17. The Labute approximate surface area is 146 Å². The molecule has 0 spiro atoms. The molecule has 1 aromatic carbocycles. The van der Waals surface area contributed by atoms with Crippen molar-refractivity contribution < 1.29 is 14.3 Å². The lowest BCUT2D eigenvalue weighted by Gasteiger charge is -2.20. The SMILES string of the molecule is CN(Cc1nc2ccsc2c(=O)[nH]1)C(=O)c1ccc2c(c1)OCCO2. The number of hydrogen-bond acceptors (Lipinski definition) is 6. The van der Waals surface area contributed by atoms with Crippen LogP contribution in [0.25, 0.3) is 10.2 Å². The minimum absolute atomic E-state index is 0.185. The molecule has 3 heterocycles. The predicted molar refractivity (Wildman–Crippen MR) is 93.5 cm³/mol. The molecule has 1 N–H and O–H groups in total. The molecule has 1 aliphatic rings. The molecule has 0 bridgehead atoms. The Bertz CT molecular complexity index is 1010. The quantitative estimate of drug-likeness (QED) is 0.775. The second-order valence-electron chi connectivity index (χ2n) is 5.67. The first-order valence-corrected chi connectivity index (χ1v) is 8.61. The van der Waals surface area contributed by atoms with Crippen LogP contribution in [0.2, 0.25) is 0 Å². The van der Waals surface area contributed by atoms with E-state index in [1.807, 2.05) is 5.38 Å². The second-order valence-corrected chi connectivity index (χ2v) is 6.58. The molecule has 4 rings (SSSR count). The summed E-state index contributed by atoms with van der Waals surface area (Å²) in [6, 6.07) is 6.89.